The zero-order valence-corrected chi connectivity index (χ0v) is 16.3. The molecule has 0 bridgehead atoms. The quantitative estimate of drug-likeness (QED) is 0.489. The third-order valence-electron chi connectivity index (χ3n) is 4.54. The van der Waals surface area contributed by atoms with Crippen LogP contribution in [0.1, 0.15) is 16.5 Å². The van der Waals surface area contributed by atoms with E-state index in [0.717, 1.165) is 20.8 Å². The lowest BCUT2D eigenvalue weighted by Crippen LogP contribution is -2.23. The lowest BCUT2D eigenvalue weighted by molar-refractivity contribution is -0.117. The number of nitrogens with one attached hydrogen (secondary N) is 1. The van der Waals surface area contributed by atoms with Crippen molar-refractivity contribution in [3.63, 3.8) is 0 Å². The van der Waals surface area contributed by atoms with E-state index in [2.05, 4.69) is 5.32 Å². The molecule has 28 heavy (non-hydrogen) atoms. The first-order valence-corrected chi connectivity index (χ1v) is 9.89. The molecular weight excluding hydrogens is 368 g/mol. The normalized spacial score (nSPS) is 11.9. The maximum Gasteiger partial charge on any atom is 0.234 e. The van der Waals surface area contributed by atoms with Crippen LogP contribution in [0.25, 0.3) is 10.2 Å². The summed E-state index contributed by atoms with van der Waals surface area (Å²) < 4.78 is 6.34. The fraction of sp³-hybridized carbons (Fsp3) is 0.130. The van der Waals surface area contributed by atoms with Gasteiger partial charge in [0.05, 0.1) is 23.2 Å². The molecule has 1 amide bonds. The van der Waals surface area contributed by atoms with Crippen molar-refractivity contribution in [1.82, 2.24) is 4.98 Å². The molecule has 0 fully saturated rings. The zero-order valence-electron chi connectivity index (χ0n) is 15.5. The number of rotatable bonds is 6. The second kappa shape index (κ2) is 8.23. The van der Waals surface area contributed by atoms with Gasteiger partial charge in [0.25, 0.3) is 0 Å². The van der Waals surface area contributed by atoms with Gasteiger partial charge < -0.3 is 10.1 Å². The highest BCUT2D eigenvalue weighted by molar-refractivity contribution is 7.18. The second-order valence-electron chi connectivity index (χ2n) is 6.48. The summed E-state index contributed by atoms with van der Waals surface area (Å²) in [6.07, 6.45) is 0.594. The summed E-state index contributed by atoms with van der Waals surface area (Å²) in [5, 5.41) is 3.85. The summed E-state index contributed by atoms with van der Waals surface area (Å²) in [6, 6.07) is 25.4. The van der Waals surface area contributed by atoms with Crippen LogP contribution in [0.4, 0.5) is 5.69 Å². The standard InChI is InChI=1S/C23H20N2O2S/c1-27-18-11-7-10-17(15-18)24-22(26)19(14-16-8-3-2-4-9-16)23-25-20-12-5-6-13-21(20)28-23/h2-13,15,19H,14H2,1H3,(H,24,26). The number of amides is 1. The third kappa shape index (κ3) is 4.05. The van der Waals surface area contributed by atoms with Crippen LogP contribution in [-0.4, -0.2) is 18.0 Å². The minimum absolute atomic E-state index is 0.0730. The van der Waals surface area contributed by atoms with Crippen LogP contribution in [0, 0.1) is 0 Å². The van der Waals surface area contributed by atoms with Crippen LogP contribution >= 0.6 is 11.3 Å². The number of carbonyl (C=O) groups excluding carboxylic acids is 1. The SMILES string of the molecule is COc1cccc(NC(=O)C(Cc2ccccc2)c2nc3ccccc3s2)c1. The van der Waals surface area contributed by atoms with Crippen molar-refractivity contribution in [2.45, 2.75) is 12.3 Å². The molecule has 0 radical (unpaired) electrons. The second-order valence-corrected chi connectivity index (χ2v) is 7.55. The van der Waals surface area contributed by atoms with E-state index in [0.29, 0.717) is 17.9 Å². The first-order valence-electron chi connectivity index (χ1n) is 9.07. The number of aromatic nitrogens is 1. The third-order valence-corrected chi connectivity index (χ3v) is 5.70. The summed E-state index contributed by atoms with van der Waals surface area (Å²) in [7, 11) is 1.61. The first-order chi connectivity index (χ1) is 13.7. The maximum absolute atomic E-state index is 13.2. The Balaban J connectivity index is 1.66. The predicted octanol–water partition coefficient (Wildman–Crippen LogP) is 5.27. The molecule has 0 saturated carbocycles. The topological polar surface area (TPSA) is 51.2 Å². The van der Waals surface area contributed by atoms with Gasteiger partial charge in [-0.15, -0.1) is 11.3 Å². The van der Waals surface area contributed by atoms with Crippen molar-refractivity contribution in [2.75, 3.05) is 12.4 Å². The molecule has 4 nitrogen and oxygen atoms in total. The van der Waals surface area contributed by atoms with Crippen molar-refractivity contribution in [2.24, 2.45) is 0 Å². The van der Waals surface area contributed by atoms with Gasteiger partial charge in [-0.05, 0) is 36.2 Å². The molecule has 4 rings (SSSR count). The molecule has 0 aliphatic heterocycles. The molecule has 1 aromatic heterocycles. The lowest BCUT2D eigenvalue weighted by Gasteiger charge is -2.15. The van der Waals surface area contributed by atoms with Gasteiger partial charge in [-0.25, -0.2) is 4.98 Å². The number of hydrogen-bond donors (Lipinski definition) is 1. The molecule has 1 heterocycles. The van der Waals surface area contributed by atoms with E-state index in [-0.39, 0.29) is 11.8 Å². The van der Waals surface area contributed by atoms with Gasteiger partial charge in [0, 0.05) is 11.8 Å². The summed E-state index contributed by atoms with van der Waals surface area (Å²) in [5.41, 5.74) is 2.74. The van der Waals surface area contributed by atoms with Gasteiger partial charge in [0.1, 0.15) is 10.8 Å². The largest absolute Gasteiger partial charge is 0.497 e. The number of nitrogens with zero attached hydrogens (tertiary/aromatic N) is 1. The van der Waals surface area contributed by atoms with E-state index in [1.54, 1.807) is 18.4 Å². The number of anilines is 1. The van der Waals surface area contributed by atoms with E-state index in [9.17, 15) is 4.79 Å². The Morgan fingerprint density at radius 1 is 1.04 bits per heavy atom. The highest BCUT2D eigenvalue weighted by Crippen LogP contribution is 2.31. The fourth-order valence-electron chi connectivity index (χ4n) is 3.11. The number of thiazole rings is 1. The Bertz CT molecular complexity index is 1060. The number of fused-ring (bicyclic) bond motifs is 1. The summed E-state index contributed by atoms with van der Waals surface area (Å²) in [5.74, 6) is 0.263. The maximum atomic E-state index is 13.2. The van der Waals surface area contributed by atoms with E-state index >= 15 is 0 Å². The molecule has 4 aromatic rings. The van der Waals surface area contributed by atoms with Crippen LogP contribution < -0.4 is 10.1 Å². The molecule has 0 aliphatic carbocycles. The zero-order chi connectivity index (χ0) is 19.3. The van der Waals surface area contributed by atoms with Gasteiger partial charge >= 0.3 is 0 Å². The van der Waals surface area contributed by atoms with Crippen molar-refractivity contribution >= 4 is 33.1 Å². The monoisotopic (exact) mass is 388 g/mol. The van der Waals surface area contributed by atoms with Gasteiger partial charge in [0.15, 0.2) is 0 Å². The summed E-state index contributed by atoms with van der Waals surface area (Å²) in [6.45, 7) is 0. The molecule has 1 atom stereocenters. The van der Waals surface area contributed by atoms with E-state index < -0.39 is 0 Å². The summed E-state index contributed by atoms with van der Waals surface area (Å²) in [4.78, 5) is 17.9. The smallest absolute Gasteiger partial charge is 0.234 e. The average Bonchev–Trinajstić information content (AvgIpc) is 3.16. The number of para-hydroxylation sites is 1. The van der Waals surface area contributed by atoms with Crippen molar-refractivity contribution in [3.8, 4) is 5.75 Å². The fourth-order valence-corrected chi connectivity index (χ4v) is 4.18. The Kier molecular flexibility index (Phi) is 5.35. The van der Waals surface area contributed by atoms with Crippen LogP contribution in [0.3, 0.4) is 0 Å². The van der Waals surface area contributed by atoms with E-state index in [4.69, 9.17) is 9.72 Å². The molecule has 5 heteroatoms. The van der Waals surface area contributed by atoms with Gasteiger partial charge in [0.2, 0.25) is 5.91 Å². The van der Waals surface area contributed by atoms with E-state index in [1.165, 1.54) is 0 Å². The number of hydrogen-bond acceptors (Lipinski definition) is 4. The minimum Gasteiger partial charge on any atom is -0.497 e. The molecule has 140 valence electrons. The van der Waals surface area contributed by atoms with Crippen LogP contribution in [-0.2, 0) is 11.2 Å². The van der Waals surface area contributed by atoms with Crippen LogP contribution in [0.15, 0.2) is 78.9 Å². The highest BCUT2D eigenvalue weighted by atomic mass is 32.1. The van der Waals surface area contributed by atoms with Crippen LogP contribution in [0.5, 0.6) is 5.75 Å². The molecular formula is C23H20N2O2S. The van der Waals surface area contributed by atoms with Gasteiger partial charge in [-0.2, -0.15) is 0 Å². The van der Waals surface area contributed by atoms with Gasteiger partial charge in [-0.1, -0.05) is 48.5 Å². The minimum atomic E-state index is -0.369. The Hall–Kier alpha value is -3.18. The number of methoxy groups -OCH3 is 1. The molecule has 0 spiro atoms. The van der Waals surface area contributed by atoms with E-state index in [1.807, 2.05) is 78.9 Å². The number of benzene rings is 3. The van der Waals surface area contributed by atoms with Crippen molar-refractivity contribution in [1.29, 1.82) is 0 Å². The number of carbonyl (C=O) groups is 1. The molecule has 1 N–H and O–H groups in total. The average molecular weight is 388 g/mol. The predicted molar refractivity (Wildman–Crippen MR) is 114 cm³/mol. The van der Waals surface area contributed by atoms with Crippen LogP contribution in [0.2, 0.25) is 0 Å². The summed E-state index contributed by atoms with van der Waals surface area (Å²) >= 11 is 1.57. The first kappa shape index (κ1) is 18.2. The molecule has 3 aromatic carbocycles. The van der Waals surface area contributed by atoms with Crippen molar-refractivity contribution in [3.05, 3.63) is 89.4 Å². The van der Waals surface area contributed by atoms with Crippen molar-refractivity contribution < 1.29 is 9.53 Å². The Morgan fingerprint density at radius 2 is 1.82 bits per heavy atom. The number of ether oxygens (including phenoxy) is 1. The van der Waals surface area contributed by atoms with Gasteiger partial charge in [-0.3, -0.25) is 4.79 Å². The molecule has 0 aliphatic rings. The Morgan fingerprint density at radius 3 is 2.61 bits per heavy atom. The molecule has 1 unspecified atom stereocenters. The lowest BCUT2D eigenvalue weighted by atomic mass is 9.99. The molecule has 0 saturated heterocycles. The Labute approximate surface area is 167 Å². The highest BCUT2D eigenvalue weighted by Gasteiger charge is 2.25.